The van der Waals surface area contributed by atoms with Crippen molar-refractivity contribution in [2.24, 2.45) is 5.92 Å². The van der Waals surface area contributed by atoms with Crippen LogP contribution in [-0.4, -0.2) is 14.5 Å². The van der Waals surface area contributed by atoms with Gasteiger partial charge in [-0.2, -0.15) is 0 Å². The van der Waals surface area contributed by atoms with Crippen molar-refractivity contribution in [1.82, 2.24) is 14.5 Å². The fourth-order valence-electron chi connectivity index (χ4n) is 8.35. The number of allylic oxidation sites excluding steroid dienone is 5. The molecule has 0 amide bonds. The summed E-state index contributed by atoms with van der Waals surface area (Å²) in [5, 5.41) is 4.95. The molecule has 4 heteroatoms. The molecule has 0 saturated carbocycles. The van der Waals surface area contributed by atoms with Gasteiger partial charge in [0.1, 0.15) is 0 Å². The second-order valence-electron chi connectivity index (χ2n) is 13.8. The minimum absolute atomic E-state index is 0.311. The highest BCUT2D eigenvalue weighted by Gasteiger charge is 2.29. The first-order valence-corrected chi connectivity index (χ1v) is 18.8. The molecule has 0 aliphatic heterocycles. The number of nitrogens with zero attached hydrogens (tertiary/aromatic N) is 3. The van der Waals surface area contributed by atoms with Gasteiger partial charge in [0.05, 0.1) is 16.7 Å². The van der Waals surface area contributed by atoms with Crippen LogP contribution in [0.15, 0.2) is 169 Å². The predicted molar refractivity (Wildman–Crippen MR) is 220 cm³/mol. The Morgan fingerprint density at radius 1 is 0.577 bits per heavy atom. The molecule has 0 N–H and O–H groups in total. The smallest absolute Gasteiger partial charge is 0.235 e. The van der Waals surface area contributed by atoms with Crippen LogP contribution >= 0.6 is 11.3 Å². The van der Waals surface area contributed by atoms with Crippen LogP contribution in [0.2, 0.25) is 0 Å². The van der Waals surface area contributed by atoms with Gasteiger partial charge in [-0.1, -0.05) is 121 Å². The normalized spacial score (nSPS) is 15.0. The van der Waals surface area contributed by atoms with Crippen molar-refractivity contribution in [2.75, 3.05) is 0 Å². The zero-order valence-corrected chi connectivity index (χ0v) is 29.1. The van der Waals surface area contributed by atoms with E-state index in [4.69, 9.17) is 9.97 Å². The van der Waals surface area contributed by atoms with Crippen molar-refractivity contribution in [3.05, 3.63) is 181 Å². The van der Waals surface area contributed by atoms with Gasteiger partial charge in [-0.25, -0.2) is 9.97 Å². The molecule has 3 heterocycles. The van der Waals surface area contributed by atoms with E-state index in [0.717, 1.165) is 34.1 Å². The van der Waals surface area contributed by atoms with Gasteiger partial charge >= 0.3 is 0 Å². The molecule has 3 aromatic heterocycles. The molecule has 244 valence electrons. The van der Waals surface area contributed by atoms with Crippen molar-refractivity contribution in [1.29, 1.82) is 0 Å². The van der Waals surface area contributed by atoms with E-state index in [2.05, 4.69) is 174 Å². The van der Waals surface area contributed by atoms with Crippen LogP contribution in [0.3, 0.4) is 0 Å². The van der Waals surface area contributed by atoms with Crippen LogP contribution in [0.1, 0.15) is 11.3 Å². The monoisotopic (exact) mass is 682 g/mol. The van der Waals surface area contributed by atoms with E-state index in [1.165, 1.54) is 76.0 Å². The Bertz CT molecular complexity index is 2990. The summed E-state index contributed by atoms with van der Waals surface area (Å²) in [6.45, 7) is 0. The molecule has 3 nitrogen and oxygen atoms in total. The topological polar surface area (TPSA) is 30.7 Å². The third-order valence-corrected chi connectivity index (χ3v) is 12.1. The summed E-state index contributed by atoms with van der Waals surface area (Å²) in [6.07, 6.45) is 12.2. The first-order chi connectivity index (χ1) is 25.8. The molecule has 2 aliphatic rings. The molecule has 0 fully saturated rings. The summed E-state index contributed by atoms with van der Waals surface area (Å²) < 4.78 is 5.13. The maximum absolute atomic E-state index is 5.43. The first-order valence-electron chi connectivity index (χ1n) is 17.9. The Hall–Kier alpha value is -6.36. The van der Waals surface area contributed by atoms with Gasteiger partial charge in [0.15, 0.2) is 9.40 Å². The van der Waals surface area contributed by atoms with Crippen LogP contribution in [0, 0.1) is 5.92 Å². The largest absolute Gasteiger partial charge is 0.281 e. The van der Waals surface area contributed by atoms with E-state index < -0.39 is 0 Å². The fourth-order valence-corrected chi connectivity index (χ4v) is 9.54. The van der Waals surface area contributed by atoms with Gasteiger partial charge in [-0.3, -0.25) is 4.57 Å². The van der Waals surface area contributed by atoms with Gasteiger partial charge in [0.2, 0.25) is 5.95 Å². The van der Waals surface area contributed by atoms with Crippen LogP contribution in [-0.2, 0) is 6.42 Å². The van der Waals surface area contributed by atoms with Crippen LogP contribution in [0.4, 0.5) is 0 Å². The van der Waals surface area contributed by atoms with Crippen molar-refractivity contribution in [3.63, 3.8) is 0 Å². The molecular weight excluding hydrogens is 651 g/mol. The number of aromatic nitrogens is 3. The molecular formula is C48H32N3S+. The predicted octanol–water partition coefficient (Wildman–Crippen LogP) is 12.4. The van der Waals surface area contributed by atoms with Crippen LogP contribution < -0.4 is 0 Å². The van der Waals surface area contributed by atoms with Crippen molar-refractivity contribution < 1.29 is 0 Å². The third kappa shape index (κ3) is 4.58. The van der Waals surface area contributed by atoms with E-state index >= 15 is 0 Å². The Balaban J connectivity index is 1.16. The molecule has 1 unspecified atom stereocenters. The van der Waals surface area contributed by atoms with E-state index in [9.17, 15) is 0 Å². The number of benzene rings is 6. The minimum Gasteiger partial charge on any atom is -0.281 e. The van der Waals surface area contributed by atoms with Crippen molar-refractivity contribution in [2.45, 2.75) is 6.42 Å². The summed E-state index contributed by atoms with van der Waals surface area (Å²) in [7, 11) is 0. The summed E-state index contributed by atoms with van der Waals surface area (Å²) in [5.41, 5.74) is 12.7. The van der Waals surface area contributed by atoms with E-state index in [0.29, 0.717) is 11.9 Å². The SMILES string of the molecule is C1=CC2=Cc3c(n(-c4nc(-c5ccccc5)c5ccccc5n4)c4c(-c5cccc(-c6ccc7[sH+]c8ccccc8c7c6)c5)cccc34)CC2C=C1. The Morgan fingerprint density at radius 3 is 2.27 bits per heavy atom. The Morgan fingerprint density at radius 2 is 1.33 bits per heavy atom. The zero-order valence-electron chi connectivity index (χ0n) is 28.2. The average molecular weight is 683 g/mol. The number of para-hydroxylation sites is 2. The molecule has 2 aliphatic carbocycles. The highest BCUT2D eigenvalue weighted by Crippen LogP contribution is 2.44. The Labute approximate surface area is 305 Å². The van der Waals surface area contributed by atoms with E-state index in [1.807, 2.05) is 0 Å². The quantitative estimate of drug-likeness (QED) is 0.173. The molecule has 0 saturated heterocycles. The number of hydrogen-bond donors (Lipinski definition) is 0. The summed E-state index contributed by atoms with van der Waals surface area (Å²) in [4.78, 5) is 10.7. The molecule has 1 atom stereocenters. The maximum atomic E-state index is 5.43. The van der Waals surface area contributed by atoms with Gasteiger partial charge < -0.3 is 0 Å². The first kappa shape index (κ1) is 29.4. The molecule has 0 bridgehead atoms. The fraction of sp³-hybridized carbons (Fsp3) is 0.0417. The van der Waals surface area contributed by atoms with Crippen LogP contribution in [0.5, 0.6) is 0 Å². The second kappa shape index (κ2) is 11.6. The molecule has 9 aromatic rings. The zero-order chi connectivity index (χ0) is 34.2. The van der Waals surface area contributed by atoms with Gasteiger partial charge in [-0.05, 0) is 88.6 Å². The molecule has 6 aromatic carbocycles. The van der Waals surface area contributed by atoms with Gasteiger partial charge in [-0.15, -0.1) is 0 Å². The third-order valence-electron chi connectivity index (χ3n) is 10.8. The summed E-state index contributed by atoms with van der Waals surface area (Å²) >= 11 is 1.29. The number of thiophene rings is 1. The van der Waals surface area contributed by atoms with Gasteiger partial charge in [0.25, 0.3) is 0 Å². The minimum atomic E-state index is 0.311. The second-order valence-corrected chi connectivity index (χ2v) is 15.0. The lowest BCUT2D eigenvalue weighted by Crippen LogP contribution is -2.15. The summed E-state index contributed by atoms with van der Waals surface area (Å²) in [6, 6.07) is 50.4. The lowest BCUT2D eigenvalue weighted by atomic mass is 9.83. The number of fused-ring (bicyclic) bond motifs is 8. The van der Waals surface area contributed by atoms with E-state index in [1.54, 1.807) is 0 Å². The Kier molecular flexibility index (Phi) is 6.55. The van der Waals surface area contributed by atoms with Crippen LogP contribution in [0.25, 0.3) is 87.5 Å². The van der Waals surface area contributed by atoms with Crippen molar-refractivity contribution in [3.8, 4) is 39.5 Å². The highest BCUT2D eigenvalue weighted by atomic mass is 32.1. The molecule has 11 rings (SSSR count). The molecule has 0 spiro atoms. The average Bonchev–Trinajstić information content (AvgIpc) is 3.75. The van der Waals surface area contributed by atoms with E-state index in [-0.39, 0.29) is 0 Å². The lowest BCUT2D eigenvalue weighted by molar-refractivity contribution is 0.719. The van der Waals surface area contributed by atoms with Gasteiger partial charge in [0, 0.05) is 49.8 Å². The van der Waals surface area contributed by atoms with Crippen molar-refractivity contribution >= 4 is 59.4 Å². The number of rotatable bonds is 4. The standard InChI is InChI=1S/C48H31N3S/c1-2-12-30(13-3-1)46-39-19-6-8-22-42(39)49-48(50-46)51-43-29-33-15-5-4-14-32(33)27-40(43)38-21-11-20-36(47(38)51)35-17-10-16-31(26-35)34-24-25-45-41(28-34)37-18-7-9-23-44(37)52-45/h1-28,33H,29H2/p+1. The summed E-state index contributed by atoms with van der Waals surface area (Å²) in [5.74, 6) is 1.02. The lowest BCUT2D eigenvalue weighted by Gasteiger charge is -2.23. The molecule has 52 heavy (non-hydrogen) atoms. The number of hydrogen-bond acceptors (Lipinski definition) is 2. The molecule has 0 radical (unpaired) electrons. The highest BCUT2D eigenvalue weighted by molar-refractivity contribution is 7.25. The maximum Gasteiger partial charge on any atom is 0.235 e.